The molecule has 7 nitrogen and oxygen atoms in total. The summed E-state index contributed by atoms with van der Waals surface area (Å²) in [4.78, 5) is 14.7. The molecule has 1 aliphatic rings. The number of para-hydroxylation sites is 1. The Bertz CT molecular complexity index is 937. The minimum absolute atomic E-state index is 0.0738. The fraction of sp³-hybridized carbons (Fsp3) is 0.263. The Labute approximate surface area is 151 Å². The van der Waals surface area contributed by atoms with Crippen molar-refractivity contribution in [2.75, 3.05) is 16.8 Å². The SMILES string of the molecule is Cc1cc(NCC(=O)N2c3ccccc3CC2C)ccc1-n1cnnn1. The molecule has 132 valence electrons. The number of carbonyl (C=O) groups is 1. The van der Waals surface area contributed by atoms with Gasteiger partial charge in [0.15, 0.2) is 0 Å². The summed E-state index contributed by atoms with van der Waals surface area (Å²) in [7, 11) is 0. The van der Waals surface area contributed by atoms with Crippen molar-refractivity contribution >= 4 is 17.3 Å². The zero-order valence-electron chi connectivity index (χ0n) is 14.8. The number of nitrogens with zero attached hydrogens (tertiary/aromatic N) is 5. The highest BCUT2D eigenvalue weighted by Gasteiger charge is 2.30. The summed E-state index contributed by atoms with van der Waals surface area (Å²) in [6.07, 6.45) is 2.47. The van der Waals surface area contributed by atoms with Gasteiger partial charge in [-0.3, -0.25) is 4.79 Å². The number of amides is 1. The van der Waals surface area contributed by atoms with Gasteiger partial charge in [0.25, 0.3) is 0 Å². The molecule has 7 heteroatoms. The number of hydrogen-bond donors (Lipinski definition) is 1. The lowest BCUT2D eigenvalue weighted by Crippen LogP contribution is -2.39. The Hall–Kier alpha value is -3.22. The summed E-state index contributed by atoms with van der Waals surface area (Å²) in [5.41, 5.74) is 5.09. The van der Waals surface area contributed by atoms with Gasteiger partial charge in [-0.05, 0) is 66.1 Å². The number of benzene rings is 2. The van der Waals surface area contributed by atoms with E-state index in [4.69, 9.17) is 0 Å². The first-order valence-corrected chi connectivity index (χ1v) is 8.61. The molecule has 0 fully saturated rings. The number of carbonyl (C=O) groups excluding carboxylic acids is 1. The highest BCUT2D eigenvalue weighted by atomic mass is 16.2. The lowest BCUT2D eigenvalue weighted by atomic mass is 10.1. The lowest BCUT2D eigenvalue weighted by molar-refractivity contribution is -0.117. The Morgan fingerprint density at radius 3 is 2.85 bits per heavy atom. The molecule has 2 aromatic carbocycles. The fourth-order valence-electron chi connectivity index (χ4n) is 3.50. The smallest absolute Gasteiger partial charge is 0.246 e. The standard InChI is InChI=1S/C19H20N6O/c1-13-9-16(7-8-17(13)24-12-21-22-23-24)20-11-19(26)25-14(2)10-15-5-3-4-6-18(15)25/h3-9,12,14,20H,10-11H2,1-2H3. The Balaban J connectivity index is 1.46. The van der Waals surface area contributed by atoms with E-state index in [1.54, 1.807) is 11.0 Å². The minimum atomic E-state index is 0.0738. The second kappa shape index (κ2) is 6.59. The van der Waals surface area contributed by atoms with Crippen LogP contribution in [-0.4, -0.2) is 38.7 Å². The van der Waals surface area contributed by atoms with E-state index >= 15 is 0 Å². The summed E-state index contributed by atoms with van der Waals surface area (Å²) < 4.78 is 1.62. The first kappa shape index (κ1) is 16.3. The van der Waals surface area contributed by atoms with E-state index < -0.39 is 0 Å². The van der Waals surface area contributed by atoms with Gasteiger partial charge in [-0.2, -0.15) is 0 Å². The number of anilines is 2. The first-order valence-electron chi connectivity index (χ1n) is 8.61. The maximum Gasteiger partial charge on any atom is 0.246 e. The second-order valence-electron chi connectivity index (χ2n) is 6.55. The maximum absolute atomic E-state index is 12.8. The number of fused-ring (bicyclic) bond motifs is 1. The van der Waals surface area contributed by atoms with E-state index in [0.29, 0.717) is 0 Å². The van der Waals surface area contributed by atoms with E-state index in [1.807, 2.05) is 48.2 Å². The number of nitrogens with one attached hydrogen (secondary N) is 1. The molecule has 4 rings (SSSR count). The lowest BCUT2D eigenvalue weighted by Gasteiger charge is -2.23. The molecule has 1 aliphatic heterocycles. The van der Waals surface area contributed by atoms with Gasteiger partial charge in [-0.15, -0.1) is 5.10 Å². The third kappa shape index (κ3) is 2.92. The van der Waals surface area contributed by atoms with Crippen LogP contribution in [0.15, 0.2) is 48.8 Å². The van der Waals surface area contributed by atoms with Crippen LogP contribution < -0.4 is 10.2 Å². The van der Waals surface area contributed by atoms with Crippen LogP contribution in [0.1, 0.15) is 18.1 Å². The molecule has 1 N–H and O–H groups in total. The third-order valence-electron chi connectivity index (χ3n) is 4.71. The second-order valence-corrected chi connectivity index (χ2v) is 6.55. The van der Waals surface area contributed by atoms with Gasteiger partial charge < -0.3 is 10.2 Å². The van der Waals surface area contributed by atoms with Crippen LogP contribution in [0, 0.1) is 6.92 Å². The molecule has 1 atom stereocenters. The molecule has 0 saturated heterocycles. The summed E-state index contributed by atoms with van der Waals surface area (Å²) in [6.45, 7) is 4.33. The van der Waals surface area contributed by atoms with Gasteiger partial charge >= 0.3 is 0 Å². The van der Waals surface area contributed by atoms with E-state index in [1.165, 1.54) is 5.56 Å². The molecule has 0 saturated carbocycles. The number of rotatable bonds is 4. The number of aryl methyl sites for hydroxylation is 1. The van der Waals surface area contributed by atoms with Gasteiger partial charge in [0.2, 0.25) is 5.91 Å². The van der Waals surface area contributed by atoms with Crippen LogP contribution in [0.4, 0.5) is 11.4 Å². The molecule has 1 aromatic heterocycles. The van der Waals surface area contributed by atoms with Gasteiger partial charge in [0.1, 0.15) is 6.33 Å². The molecule has 2 heterocycles. The predicted molar refractivity (Wildman–Crippen MR) is 99.5 cm³/mol. The van der Waals surface area contributed by atoms with Gasteiger partial charge in [0, 0.05) is 17.4 Å². The quantitative estimate of drug-likeness (QED) is 0.783. The van der Waals surface area contributed by atoms with Gasteiger partial charge in [-0.1, -0.05) is 18.2 Å². The van der Waals surface area contributed by atoms with Crippen molar-refractivity contribution in [2.45, 2.75) is 26.3 Å². The molecule has 1 unspecified atom stereocenters. The first-order chi connectivity index (χ1) is 12.6. The Morgan fingerprint density at radius 1 is 1.23 bits per heavy atom. The third-order valence-corrected chi connectivity index (χ3v) is 4.71. The zero-order valence-corrected chi connectivity index (χ0v) is 14.8. The van der Waals surface area contributed by atoms with Gasteiger partial charge in [-0.25, -0.2) is 4.68 Å². The van der Waals surface area contributed by atoms with Crippen molar-refractivity contribution in [1.82, 2.24) is 20.2 Å². The molecule has 0 spiro atoms. The van der Waals surface area contributed by atoms with Crippen molar-refractivity contribution in [1.29, 1.82) is 0 Å². The Kier molecular flexibility index (Phi) is 4.12. The molecule has 0 radical (unpaired) electrons. The number of hydrogen-bond acceptors (Lipinski definition) is 5. The topological polar surface area (TPSA) is 75.9 Å². The normalized spacial score (nSPS) is 15.8. The highest BCUT2D eigenvalue weighted by molar-refractivity contribution is 5.98. The maximum atomic E-state index is 12.8. The average Bonchev–Trinajstić information content (AvgIpc) is 3.26. The molecular weight excluding hydrogens is 328 g/mol. The van der Waals surface area contributed by atoms with Crippen molar-refractivity contribution < 1.29 is 4.79 Å². The summed E-state index contributed by atoms with van der Waals surface area (Å²) in [6, 6.07) is 14.1. The molecule has 0 aliphatic carbocycles. The van der Waals surface area contributed by atoms with Crippen molar-refractivity contribution in [3.05, 3.63) is 59.9 Å². The van der Waals surface area contributed by atoms with Gasteiger partial charge in [0.05, 0.1) is 12.2 Å². The summed E-state index contributed by atoms with van der Waals surface area (Å²) in [5, 5.41) is 14.5. The highest BCUT2D eigenvalue weighted by Crippen LogP contribution is 2.31. The summed E-state index contributed by atoms with van der Waals surface area (Å²) >= 11 is 0. The molecule has 3 aromatic rings. The predicted octanol–water partition coefficient (Wildman–Crippen LogP) is 2.36. The van der Waals surface area contributed by atoms with E-state index in [9.17, 15) is 4.79 Å². The van der Waals surface area contributed by atoms with Crippen LogP contribution in [-0.2, 0) is 11.2 Å². The number of aromatic nitrogens is 4. The van der Waals surface area contributed by atoms with Crippen molar-refractivity contribution in [3.8, 4) is 5.69 Å². The Morgan fingerprint density at radius 2 is 2.08 bits per heavy atom. The van der Waals surface area contributed by atoms with E-state index in [-0.39, 0.29) is 18.5 Å². The van der Waals surface area contributed by atoms with Crippen LogP contribution in [0.25, 0.3) is 5.69 Å². The van der Waals surface area contributed by atoms with Crippen LogP contribution >= 0.6 is 0 Å². The number of tetrazole rings is 1. The summed E-state index contributed by atoms with van der Waals surface area (Å²) in [5.74, 6) is 0.0738. The monoisotopic (exact) mass is 348 g/mol. The molecular formula is C19H20N6O. The van der Waals surface area contributed by atoms with E-state index in [0.717, 1.165) is 29.0 Å². The molecule has 26 heavy (non-hydrogen) atoms. The largest absolute Gasteiger partial charge is 0.376 e. The minimum Gasteiger partial charge on any atom is -0.376 e. The zero-order chi connectivity index (χ0) is 18.1. The van der Waals surface area contributed by atoms with Crippen molar-refractivity contribution in [2.24, 2.45) is 0 Å². The van der Waals surface area contributed by atoms with Crippen LogP contribution in [0.2, 0.25) is 0 Å². The average molecular weight is 348 g/mol. The van der Waals surface area contributed by atoms with Crippen LogP contribution in [0.5, 0.6) is 0 Å². The van der Waals surface area contributed by atoms with E-state index in [2.05, 4.69) is 33.8 Å². The molecule has 1 amide bonds. The fourth-order valence-corrected chi connectivity index (χ4v) is 3.50. The van der Waals surface area contributed by atoms with Crippen LogP contribution in [0.3, 0.4) is 0 Å². The molecule has 0 bridgehead atoms. The van der Waals surface area contributed by atoms with Crippen molar-refractivity contribution in [3.63, 3.8) is 0 Å².